The van der Waals surface area contributed by atoms with Crippen molar-refractivity contribution in [2.45, 2.75) is 51.4 Å². The molecule has 32 heavy (non-hydrogen) atoms. The molecule has 0 bridgehead atoms. The van der Waals surface area contributed by atoms with Gasteiger partial charge in [-0.25, -0.2) is 9.59 Å². The van der Waals surface area contributed by atoms with Gasteiger partial charge in [0, 0.05) is 17.0 Å². The molecule has 0 fully saturated rings. The molecule has 172 valence electrons. The van der Waals surface area contributed by atoms with Crippen LogP contribution in [-0.2, 0) is 22.3 Å². The first-order valence-corrected chi connectivity index (χ1v) is 9.45. The lowest BCUT2D eigenvalue weighted by atomic mass is 9.89. The number of fused-ring (bicyclic) bond motifs is 1. The van der Waals surface area contributed by atoms with E-state index in [1.807, 2.05) is 0 Å². The molecule has 0 aromatic heterocycles. The Bertz CT molecular complexity index is 1220. The highest BCUT2D eigenvalue weighted by atomic mass is 19.4. The van der Waals surface area contributed by atoms with E-state index < -0.39 is 74.8 Å². The minimum absolute atomic E-state index is 0.206. The van der Waals surface area contributed by atoms with Crippen LogP contribution < -0.4 is 10.2 Å². The van der Waals surface area contributed by atoms with E-state index in [2.05, 4.69) is 5.32 Å². The second-order valence-corrected chi connectivity index (χ2v) is 6.85. The summed E-state index contributed by atoms with van der Waals surface area (Å²) in [5.74, 6) is 0. The van der Waals surface area contributed by atoms with Crippen LogP contribution in [0.5, 0.6) is 0 Å². The maximum Gasteiger partial charge on any atom is 0.416 e. The number of carbonyl (C=O) groups excluding carboxylic acids is 2. The molecule has 1 aliphatic rings. The lowest BCUT2D eigenvalue weighted by Gasteiger charge is -2.40. The predicted molar refractivity (Wildman–Crippen MR) is 112 cm³/mol. The molecule has 3 rings (SSSR count). The third-order valence-corrected chi connectivity index (χ3v) is 4.82. The molecular weight excluding hydrogens is 425 g/mol. The first kappa shape index (κ1) is 14.8. The van der Waals surface area contributed by atoms with Gasteiger partial charge in [-0.3, -0.25) is 4.90 Å². The summed E-state index contributed by atoms with van der Waals surface area (Å²) < 4.78 is 112. The Morgan fingerprint density at radius 1 is 1.19 bits per heavy atom. The van der Waals surface area contributed by atoms with Gasteiger partial charge in [0.1, 0.15) is 6.61 Å². The molecule has 6 nitrogen and oxygen atoms in total. The summed E-state index contributed by atoms with van der Waals surface area (Å²) in [5.41, 5.74) is -1.28. The maximum atomic E-state index is 13.6. The molecule has 0 aliphatic carbocycles. The Balaban J connectivity index is 2.06. The number of ether oxygens (including phenoxy) is 2. The van der Waals surface area contributed by atoms with Crippen molar-refractivity contribution in [2.75, 3.05) is 11.5 Å². The number of benzene rings is 2. The third kappa shape index (κ3) is 5.33. The van der Waals surface area contributed by atoms with E-state index in [1.165, 1.54) is 0 Å². The molecule has 0 saturated heterocycles. The van der Waals surface area contributed by atoms with Crippen molar-refractivity contribution in [3.63, 3.8) is 0 Å². The summed E-state index contributed by atoms with van der Waals surface area (Å²) >= 11 is 0. The van der Waals surface area contributed by atoms with Gasteiger partial charge in [-0.1, -0.05) is 37.2 Å². The standard InChI is InChI=1S/C23H25F3N2O4/c1-3-17-13-19(27-21(29)32-14-15-8-6-5-7-9-15)18-12-16(23(24,25)26)10-11-20(18)28(17)22(30)31-4-2/h5-12,17,19H,3-4,13-14H2,1-2H3,(H,27,29)/i1D3,2D3,3D2. The largest absolute Gasteiger partial charge is 0.449 e. The van der Waals surface area contributed by atoms with Crippen molar-refractivity contribution in [3.05, 3.63) is 65.2 Å². The number of halogens is 3. The number of amides is 2. The maximum absolute atomic E-state index is 13.6. The fraction of sp³-hybridized carbons (Fsp3) is 0.391. The summed E-state index contributed by atoms with van der Waals surface area (Å²) in [6, 6.07) is 7.08. The van der Waals surface area contributed by atoms with Crippen molar-refractivity contribution >= 4 is 17.9 Å². The summed E-state index contributed by atoms with van der Waals surface area (Å²) in [6.07, 6.45) is -11.3. The Hall–Kier alpha value is -3.23. The van der Waals surface area contributed by atoms with Gasteiger partial charge in [0.15, 0.2) is 0 Å². The lowest BCUT2D eigenvalue weighted by molar-refractivity contribution is -0.137. The molecule has 2 aromatic rings. The van der Waals surface area contributed by atoms with E-state index >= 15 is 0 Å². The molecule has 2 unspecified atom stereocenters. The van der Waals surface area contributed by atoms with Crippen LogP contribution in [0.2, 0.25) is 0 Å². The highest BCUT2D eigenvalue weighted by Gasteiger charge is 2.39. The van der Waals surface area contributed by atoms with Gasteiger partial charge in [-0.15, -0.1) is 0 Å². The number of hydrogen-bond acceptors (Lipinski definition) is 4. The average molecular weight is 459 g/mol. The number of rotatable bonds is 5. The van der Waals surface area contributed by atoms with Crippen LogP contribution in [0.3, 0.4) is 0 Å². The Morgan fingerprint density at radius 3 is 2.66 bits per heavy atom. The first-order chi connectivity index (χ1) is 18.3. The van der Waals surface area contributed by atoms with Crippen LogP contribution in [0.4, 0.5) is 28.4 Å². The average Bonchev–Trinajstić information content (AvgIpc) is 2.84. The van der Waals surface area contributed by atoms with Gasteiger partial charge < -0.3 is 14.8 Å². The normalized spacial score (nSPS) is 22.9. The Morgan fingerprint density at radius 2 is 1.97 bits per heavy atom. The second-order valence-electron chi connectivity index (χ2n) is 6.85. The number of alkyl carbamates (subject to hydrolysis) is 1. The van der Waals surface area contributed by atoms with Crippen LogP contribution >= 0.6 is 0 Å². The summed E-state index contributed by atoms with van der Waals surface area (Å²) in [7, 11) is 0. The van der Waals surface area contributed by atoms with Gasteiger partial charge in [0.2, 0.25) is 0 Å². The van der Waals surface area contributed by atoms with E-state index in [0.29, 0.717) is 22.6 Å². The number of nitrogens with one attached hydrogen (secondary N) is 1. The topological polar surface area (TPSA) is 67.9 Å². The fourth-order valence-electron chi connectivity index (χ4n) is 3.38. The second kappa shape index (κ2) is 9.93. The smallest absolute Gasteiger partial charge is 0.416 e. The lowest BCUT2D eigenvalue weighted by Crippen LogP contribution is -2.47. The number of nitrogens with zero attached hydrogens (tertiary/aromatic N) is 1. The van der Waals surface area contributed by atoms with Crippen molar-refractivity contribution in [2.24, 2.45) is 0 Å². The van der Waals surface area contributed by atoms with Crippen molar-refractivity contribution in [1.82, 2.24) is 5.32 Å². The van der Waals surface area contributed by atoms with Crippen LogP contribution in [0, 0.1) is 0 Å². The number of carbonyl (C=O) groups is 2. The van der Waals surface area contributed by atoms with E-state index in [1.54, 1.807) is 30.3 Å². The molecule has 2 amide bonds. The molecule has 2 aromatic carbocycles. The van der Waals surface area contributed by atoms with E-state index in [4.69, 9.17) is 20.4 Å². The zero-order valence-corrected chi connectivity index (χ0v) is 16.6. The molecule has 0 radical (unpaired) electrons. The zero-order chi connectivity index (χ0) is 30.1. The van der Waals surface area contributed by atoms with Gasteiger partial charge >= 0.3 is 18.4 Å². The predicted octanol–water partition coefficient (Wildman–Crippen LogP) is 5.82. The van der Waals surface area contributed by atoms with Crippen LogP contribution in [0.15, 0.2) is 48.5 Å². The highest BCUT2D eigenvalue weighted by molar-refractivity contribution is 5.90. The number of hydrogen-bond donors (Lipinski definition) is 1. The van der Waals surface area contributed by atoms with E-state index in [-0.39, 0.29) is 12.2 Å². The van der Waals surface area contributed by atoms with E-state index in [9.17, 15) is 22.8 Å². The summed E-state index contributed by atoms with van der Waals surface area (Å²) in [4.78, 5) is 26.1. The molecule has 1 heterocycles. The number of anilines is 1. The van der Waals surface area contributed by atoms with Gasteiger partial charge in [0.25, 0.3) is 0 Å². The molecule has 1 N–H and O–H groups in total. The molecule has 2 atom stereocenters. The fourth-order valence-corrected chi connectivity index (χ4v) is 3.38. The summed E-state index contributed by atoms with van der Waals surface area (Å²) in [6.45, 7) is -7.45. The molecular formula is C23H25F3N2O4. The highest BCUT2D eigenvalue weighted by Crippen LogP contribution is 2.42. The molecule has 0 saturated carbocycles. The van der Waals surface area contributed by atoms with E-state index in [0.717, 1.165) is 6.07 Å². The quantitative estimate of drug-likeness (QED) is 0.613. The van der Waals surface area contributed by atoms with Gasteiger partial charge in [-0.05, 0) is 49.0 Å². The van der Waals surface area contributed by atoms with Crippen LogP contribution in [0.1, 0.15) is 60.2 Å². The minimum Gasteiger partial charge on any atom is -0.449 e. The van der Waals surface area contributed by atoms with Crippen LogP contribution in [0.25, 0.3) is 0 Å². The SMILES string of the molecule is [2H]C([2H])([2H])COC(=O)N1c2ccc(C(F)(F)F)cc2C(NC(=O)OCc2ccccc2)CC1C([2H])([2H])C([2H])([2H])[2H]. The molecule has 1 aliphatic heterocycles. The number of alkyl halides is 3. The van der Waals surface area contributed by atoms with Crippen LogP contribution in [-0.4, -0.2) is 24.8 Å². The zero-order valence-electron chi connectivity index (χ0n) is 24.6. The monoisotopic (exact) mass is 458 g/mol. The molecule has 0 spiro atoms. The van der Waals surface area contributed by atoms with Crippen molar-refractivity contribution in [1.29, 1.82) is 0 Å². The first-order valence-electron chi connectivity index (χ1n) is 13.5. The Labute approximate surface area is 195 Å². The van der Waals surface area contributed by atoms with Gasteiger partial charge in [0.05, 0.1) is 23.9 Å². The molecule has 9 heteroatoms. The minimum atomic E-state index is -4.84. The third-order valence-electron chi connectivity index (χ3n) is 4.82. The Kier molecular flexibility index (Phi) is 4.58. The van der Waals surface area contributed by atoms with Crippen molar-refractivity contribution < 1.29 is 43.2 Å². The van der Waals surface area contributed by atoms with Gasteiger partial charge in [-0.2, -0.15) is 13.2 Å². The summed E-state index contributed by atoms with van der Waals surface area (Å²) in [5, 5.41) is 2.35. The van der Waals surface area contributed by atoms with Crippen molar-refractivity contribution in [3.8, 4) is 0 Å².